The summed E-state index contributed by atoms with van der Waals surface area (Å²) in [5.74, 6) is -0.0810. The number of morpholine rings is 1. The molecule has 1 aliphatic heterocycles. The van der Waals surface area contributed by atoms with Crippen molar-refractivity contribution in [1.29, 1.82) is 0 Å². The Hall–Kier alpha value is -1.76. The zero-order valence-corrected chi connectivity index (χ0v) is 14.3. The minimum Gasteiger partial charge on any atom is -0.379 e. The maximum Gasteiger partial charge on any atom is 0.267 e. The number of carbonyl (C=O) groups is 1. The van der Waals surface area contributed by atoms with Crippen LogP contribution in [0.1, 0.15) is 25.9 Å². The number of hydrogen-bond donors (Lipinski definition) is 1. The van der Waals surface area contributed by atoms with Crippen molar-refractivity contribution in [1.82, 2.24) is 9.88 Å². The number of amides is 1. The number of hydrogen-bond acceptors (Lipinski definition) is 5. The third-order valence-electron chi connectivity index (χ3n) is 3.90. The Kier molecular flexibility index (Phi) is 5.05. The van der Waals surface area contributed by atoms with E-state index in [4.69, 9.17) is 4.74 Å². The van der Waals surface area contributed by atoms with Gasteiger partial charge in [-0.3, -0.25) is 9.69 Å². The van der Waals surface area contributed by atoms with Crippen LogP contribution in [0, 0.1) is 13.8 Å². The molecule has 1 N–H and O–H groups in total. The molecular formula is C17H21N3O2S. The van der Waals surface area contributed by atoms with E-state index in [9.17, 15) is 4.79 Å². The summed E-state index contributed by atoms with van der Waals surface area (Å²) in [6.45, 7) is 8.04. The van der Waals surface area contributed by atoms with Gasteiger partial charge in [0, 0.05) is 18.8 Å². The number of aromatic nitrogens is 1. The molecule has 0 bridgehead atoms. The van der Waals surface area contributed by atoms with Crippen molar-refractivity contribution in [2.75, 3.05) is 31.6 Å². The molecule has 1 aliphatic rings. The van der Waals surface area contributed by atoms with E-state index in [1.165, 1.54) is 11.3 Å². The molecule has 1 saturated heterocycles. The van der Waals surface area contributed by atoms with Crippen molar-refractivity contribution in [3.63, 3.8) is 0 Å². The molecule has 0 spiro atoms. The van der Waals surface area contributed by atoms with Crippen LogP contribution < -0.4 is 5.32 Å². The van der Waals surface area contributed by atoms with E-state index in [1.54, 1.807) is 0 Å². The normalized spacial score (nSPS) is 15.6. The van der Waals surface area contributed by atoms with E-state index in [-0.39, 0.29) is 5.91 Å². The molecule has 1 aromatic heterocycles. The zero-order chi connectivity index (χ0) is 16.2. The molecule has 1 fully saturated rings. The molecule has 2 aromatic rings. The lowest BCUT2D eigenvalue weighted by Crippen LogP contribution is -2.35. The van der Waals surface area contributed by atoms with Gasteiger partial charge >= 0.3 is 0 Å². The zero-order valence-electron chi connectivity index (χ0n) is 13.5. The van der Waals surface area contributed by atoms with Crippen LogP contribution in [0.4, 0.5) is 5.69 Å². The van der Waals surface area contributed by atoms with Gasteiger partial charge in [0.1, 0.15) is 9.88 Å². The van der Waals surface area contributed by atoms with Crippen LogP contribution in [0.25, 0.3) is 0 Å². The molecule has 0 unspecified atom stereocenters. The van der Waals surface area contributed by atoms with Crippen LogP contribution in [-0.4, -0.2) is 42.1 Å². The maximum atomic E-state index is 12.5. The fourth-order valence-electron chi connectivity index (χ4n) is 2.57. The van der Waals surface area contributed by atoms with Gasteiger partial charge in [0.15, 0.2) is 0 Å². The first-order valence-corrected chi connectivity index (χ1v) is 8.58. The van der Waals surface area contributed by atoms with E-state index in [0.29, 0.717) is 4.88 Å². The SMILES string of the molecule is Cc1ccccc1NC(=O)c1sc(CN2CCOCC2)nc1C. The number of anilines is 1. The largest absolute Gasteiger partial charge is 0.379 e. The van der Waals surface area contributed by atoms with Crippen LogP contribution >= 0.6 is 11.3 Å². The molecule has 23 heavy (non-hydrogen) atoms. The van der Waals surface area contributed by atoms with Gasteiger partial charge < -0.3 is 10.1 Å². The van der Waals surface area contributed by atoms with Crippen molar-refractivity contribution in [2.24, 2.45) is 0 Å². The molecule has 6 heteroatoms. The maximum absolute atomic E-state index is 12.5. The van der Waals surface area contributed by atoms with Crippen molar-refractivity contribution in [2.45, 2.75) is 20.4 Å². The molecule has 3 rings (SSSR count). The lowest BCUT2D eigenvalue weighted by Gasteiger charge is -2.25. The number of rotatable bonds is 4. The van der Waals surface area contributed by atoms with Gasteiger partial charge in [-0.05, 0) is 25.5 Å². The summed E-state index contributed by atoms with van der Waals surface area (Å²) in [4.78, 5) is 20.1. The third kappa shape index (κ3) is 3.96. The lowest BCUT2D eigenvalue weighted by molar-refractivity contribution is 0.0341. The van der Waals surface area contributed by atoms with E-state index >= 15 is 0 Å². The van der Waals surface area contributed by atoms with Crippen molar-refractivity contribution >= 4 is 22.9 Å². The highest BCUT2D eigenvalue weighted by atomic mass is 32.1. The standard InChI is InChI=1S/C17H21N3O2S/c1-12-5-3-4-6-14(12)19-17(21)16-13(2)18-15(23-16)11-20-7-9-22-10-8-20/h3-6H,7-11H2,1-2H3,(H,19,21). The van der Waals surface area contributed by atoms with Gasteiger partial charge in [0.05, 0.1) is 25.5 Å². The molecule has 2 heterocycles. The number of thiazole rings is 1. The van der Waals surface area contributed by atoms with Crippen molar-refractivity contribution < 1.29 is 9.53 Å². The van der Waals surface area contributed by atoms with Crippen LogP contribution in [0.15, 0.2) is 24.3 Å². The number of ether oxygens (including phenoxy) is 1. The predicted octanol–water partition coefficient (Wildman–Crippen LogP) is 2.84. The van der Waals surface area contributed by atoms with Gasteiger partial charge in [0.25, 0.3) is 5.91 Å². The molecule has 122 valence electrons. The number of aryl methyl sites for hydroxylation is 2. The van der Waals surface area contributed by atoms with Crippen molar-refractivity contribution in [3.8, 4) is 0 Å². The molecular weight excluding hydrogens is 310 g/mol. The van der Waals surface area contributed by atoms with Crippen LogP contribution in [0.5, 0.6) is 0 Å². The second-order valence-electron chi connectivity index (χ2n) is 5.68. The summed E-state index contributed by atoms with van der Waals surface area (Å²) in [5, 5.41) is 3.97. The van der Waals surface area contributed by atoms with E-state index in [0.717, 1.165) is 54.8 Å². The average molecular weight is 331 g/mol. The highest BCUT2D eigenvalue weighted by Gasteiger charge is 2.18. The molecule has 0 saturated carbocycles. The fraction of sp³-hybridized carbons (Fsp3) is 0.412. The Labute approximate surface area is 140 Å². The second-order valence-corrected chi connectivity index (χ2v) is 6.76. The van der Waals surface area contributed by atoms with Gasteiger partial charge in [-0.2, -0.15) is 0 Å². The molecule has 5 nitrogen and oxygen atoms in total. The van der Waals surface area contributed by atoms with Crippen LogP contribution in [0.3, 0.4) is 0 Å². The second kappa shape index (κ2) is 7.21. The Balaban J connectivity index is 1.70. The number of carbonyl (C=O) groups excluding carboxylic acids is 1. The highest BCUT2D eigenvalue weighted by Crippen LogP contribution is 2.22. The number of para-hydroxylation sites is 1. The first-order valence-electron chi connectivity index (χ1n) is 7.77. The Morgan fingerprint density at radius 1 is 1.30 bits per heavy atom. The van der Waals surface area contributed by atoms with Crippen molar-refractivity contribution in [3.05, 3.63) is 45.4 Å². The molecule has 0 aliphatic carbocycles. The third-order valence-corrected chi connectivity index (χ3v) is 5.04. The number of nitrogens with one attached hydrogen (secondary N) is 1. The minimum atomic E-state index is -0.0810. The smallest absolute Gasteiger partial charge is 0.267 e. The first-order chi connectivity index (χ1) is 11.1. The van der Waals surface area contributed by atoms with Gasteiger partial charge in [-0.15, -0.1) is 11.3 Å². The number of benzene rings is 1. The quantitative estimate of drug-likeness (QED) is 0.936. The Morgan fingerprint density at radius 2 is 2.04 bits per heavy atom. The molecule has 1 amide bonds. The highest BCUT2D eigenvalue weighted by molar-refractivity contribution is 7.13. The average Bonchev–Trinajstić information content (AvgIpc) is 2.91. The predicted molar refractivity (Wildman–Crippen MR) is 92.1 cm³/mol. The summed E-state index contributed by atoms with van der Waals surface area (Å²) >= 11 is 1.48. The van der Waals surface area contributed by atoms with E-state index in [2.05, 4.69) is 15.2 Å². The van der Waals surface area contributed by atoms with Gasteiger partial charge in [-0.25, -0.2) is 4.98 Å². The van der Waals surface area contributed by atoms with Crippen LogP contribution in [0.2, 0.25) is 0 Å². The summed E-state index contributed by atoms with van der Waals surface area (Å²) in [6.07, 6.45) is 0. The van der Waals surface area contributed by atoms with Gasteiger partial charge in [-0.1, -0.05) is 18.2 Å². The summed E-state index contributed by atoms with van der Waals surface area (Å²) in [6, 6.07) is 7.78. The Bertz CT molecular complexity index is 693. The Morgan fingerprint density at radius 3 is 2.78 bits per heavy atom. The number of nitrogens with zero attached hydrogens (tertiary/aromatic N) is 2. The monoisotopic (exact) mass is 331 g/mol. The topological polar surface area (TPSA) is 54.5 Å². The molecule has 1 aromatic carbocycles. The summed E-state index contributed by atoms with van der Waals surface area (Å²) in [5.41, 5.74) is 2.70. The van der Waals surface area contributed by atoms with Gasteiger partial charge in [0.2, 0.25) is 0 Å². The molecule has 0 radical (unpaired) electrons. The summed E-state index contributed by atoms with van der Waals surface area (Å²) in [7, 11) is 0. The lowest BCUT2D eigenvalue weighted by atomic mass is 10.2. The molecule has 0 atom stereocenters. The first kappa shape index (κ1) is 16.1. The summed E-state index contributed by atoms with van der Waals surface area (Å²) < 4.78 is 5.36. The minimum absolute atomic E-state index is 0.0810. The fourth-order valence-corrected chi connectivity index (χ4v) is 3.58. The van der Waals surface area contributed by atoms with E-state index in [1.807, 2.05) is 38.1 Å². The van der Waals surface area contributed by atoms with Crippen LogP contribution in [-0.2, 0) is 11.3 Å². The van der Waals surface area contributed by atoms with E-state index < -0.39 is 0 Å².